The number of carbonyl (C=O) groups excluding carboxylic acids is 1. The molecule has 0 unspecified atom stereocenters. The monoisotopic (exact) mass is 420 g/mol. The van der Waals surface area contributed by atoms with Gasteiger partial charge in [0.25, 0.3) is 5.91 Å². The van der Waals surface area contributed by atoms with E-state index in [2.05, 4.69) is 15.4 Å². The number of nitrogens with one attached hydrogen (secondary N) is 1. The Balaban J connectivity index is 1.42. The summed E-state index contributed by atoms with van der Waals surface area (Å²) in [5, 5.41) is 8.44. The Kier molecular flexibility index (Phi) is 4.52. The number of benzene rings is 2. The van der Waals surface area contributed by atoms with Gasteiger partial charge in [0.2, 0.25) is 6.79 Å². The van der Waals surface area contributed by atoms with Gasteiger partial charge in [-0.1, -0.05) is 35.9 Å². The summed E-state index contributed by atoms with van der Waals surface area (Å²) in [6.45, 7) is 2.39. The maximum absolute atomic E-state index is 12.8. The molecule has 0 saturated heterocycles. The van der Waals surface area contributed by atoms with E-state index in [1.54, 1.807) is 4.68 Å². The lowest BCUT2D eigenvalue weighted by Gasteiger charge is -2.09. The van der Waals surface area contributed by atoms with Crippen LogP contribution in [0.2, 0.25) is 5.02 Å². The Morgan fingerprint density at radius 3 is 2.80 bits per heavy atom. The lowest BCUT2D eigenvalue weighted by Crippen LogP contribution is -2.23. The zero-order valence-corrected chi connectivity index (χ0v) is 16.8. The molecule has 0 aliphatic carbocycles. The standard InChI is InChI=1S/C22H17ClN4O3/c1-13-19-20(23)16(11-24-21(19)27(26-13)15-5-3-2-4-6-15)22(28)25-10-14-7-8-17-18(9-14)30-12-29-17/h2-9,11H,10,12H2,1H3,(H,25,28). The van der Waals surface area contributed by atoms with Crippen molar-refractivity contribution in [2.24, 2.45) is 0 Å². The lowest BCUT2D eigenvalue weighted by molar-refractivity contribution is 0.0951. The minimum absolute atomic E-state index is 0.211. The van der Waals surface area contributed by atoms with E-state index in [4.69, 9.17) is 21.1 Å². The Hall–Kier alpha value is -3.58. The van der Waals surface area contributed by atoms with Crippen LogP contribution in [0.4, 0.5) is 0 Å². The number of pyridine rings is 1. The molecule has 0 radical (unpaired) electrons. The zero-order valence-electron chi connectivity index (χ0n) is 16.1. The van der Waals surface area contributed by atoms with E-state index < -0.39 is 0 Å². The summed E-state index contributed by atoms with van der Waals surface area (Å²) in [5.74, 6) is 1.07. The number of hydrogen-bond donors (Lipinski definition) is 1. The molecule has 5 rings (SSSR count). The minimum atomic E-state index is -0.307. The number of fused-ring (bicyclic) bond motifs is 2. The molecule has 2 aromatic heterocycles. The molecule has 3 heterocycles. The number of carbonyl (C=O) groups is 1. The molecule has 2 aromatic carbocycles. The molecule has 8 heteroatoms. The highest BCUT2D eigenvalue weighted by Crippen LogP contribution is 2.33. The Bertz CT molecular complexity index is 1270. The highest BCUT2D eigenvalue weighted by Gasteiger charge is 2.20. The molecule has 1 amide bonds. The van der Waals surface area contributed by atoms with E-state index in [1.165, 1.54) is 6.20 Å². The first-order valence-electron chi connectivity index (χ1n) is 9.38. The third kappa shape index (κ3) is 3.13. The van der Waals surface area contributed by atoms with Crippen LogP contribution in [0.15, 0.2) is 54.7 Å². The van der Waals surface area contributed by atoms with Crippen LogP contribution in [0.5, 0.6) is 11.5 Å². The van der Waals surface area contributed by atoms with E-state index in [1.807, 2.05) is 55.5 Å². The Labute approximate surface area is 177 Å². The topological polar surface area (TPSA) is 78.3 Å². The smallest absolute Gasteiger partial charge is 0.254 e. The normalized spacial score (nSPS) is 12.3. The van der Waals surface area contributed by atoms with E-state index >= 15 is 0 Å². The summed E-state index contributed by atoms with van der Waals surface area (Å²) in [4.78, 5) is 17.3. The van der Waals surface area contributed by atoms with Crippen LogP contribution in [-0.2, 0) is 6.54 Å². The van der Waals surface area contributed by atoms with Gasteiger partial charge in [0.05, 0.1) is 27.4 Å². The van der Waals surface area contributed by atoms with Crippen LogP contribution in [0.1, 0.15) is 21.6 Å². The summed E-state index contributed by atoms with van der Waals surface area (Å²) in [7, 11) is 0. The molecule has 1 aliphatic rings. The van der Waals surface area contributed by atoms with Gasteiger partial charge in [-0.2, -0.15) is 5.10 Å². The second-order valence-corrected chi connectivity index (χ2v) is 7.27. The molecule has 0 atom stereocenters. The first-order valence-corrected chi connectivity index (χ1v) is 9.75. The van der Waals surface area contributed by atoms with Gasteiger partial charge in [-0.15, -0.1) is 0 Å². The second-order valence-electron chi connectivity index (χ2n) is 6.89. The van der Waals surface area contributed by atoms with Crippen molar-refractivity contribution in [1.82, 2.24) is 20.1 Å². The van der Waals surface area contributed by atoms with Crippen LogP contribution < -0.4 is 14.8 Å². The van der Waals surface area contributed by atoms with Gasteiger partial charge in [-0.05, 0) is 36.8 Å². The quantitative estimate of drug-likeness (QED) is 0.539. The molecular weight excluding hydrogens is 404 g/mol. The third-order valence-electron chi connectivity index (χ3n) is 4.94. The average Bonchev–Trinajstić information content (AvgIpc) is 3.37. The van der Waals surface area contributed by atoms with Gasteiger partial charge in [-0.25, -0.2) is 9.67 Å². The maximum atomic E-state index is 12.8. The lowest BCUT2D eigenvalue weighted by atomic mass is 10.1. The number of para-hydroxylation sites is 1. The van der Waals surface area contributed by atoms with Crippen molar-refractivity contribution in [3.63, 3.8) is 0 Å². The van der Waals surface area contributed by atoms with Crippen molar-refractivity contribution in [2.45, 2.75) is 13.5 Å². The molecule has 0 fully saturated rings. The van der Waals surface area contributed by atoms with Gasteiger partial charge in [0.1, 0.15) is 0 Å². The first-order chi connectivity index (χ1) is 14.6. The number of nitrogens with zero attached hydrogens (tertiary/aromatic N) is 3. The van der Waals surface area contributed by atoms with Crippen LogP contribution >= 0.6 is 11.6 Å². The van der Waals surface area contributed by atoms with Crippen molar-refractivity contribution in [3.8, 4) is 17.2 Å². The van der Waals surface area contributed by atoms with Gasteiger partial charge >= 0.3 is 0 Å². The van der Waals surface area contributed by atoms with Crippen LogP contribution in [0.3, 0.4) is 0 Å². The molecule has 0 bridgehead atoms. The minimum Gasteiger partial charge on any atom is -0.454 e. The van der Waals surface area contributed by atoms with E-state index in [0.29, 0.717) is 45.4 Å². The fourth-order valence-corrected chi connectivity index (χ4v) is 3.80. The zero-order chi connectivity index (χ0) is 20.7. The van der Waals surface area contributed by atoms with Gasteiger partial charge in [0.15, 0.2) is 17.1 Å². The van der Waals surface area contributed by atoms with Gasteiger partial charge in [-0.3, -0.25) is 4.79 Å². The molecule has 30 heavy (non-hydrogen) atoms. The predicted molar refractivity (Wildman–Crippen MR) is 112 cm³/mol. The van der Waals surface area contributed by atoms with Crippen molar-refractivity contribution < 1.29 is 14.3 Å². The fraction of sp³-hybridized carbons (Fsp3) is 0.136. The van der Waals surface area contributed by atoms with Crippen molar-refractivity contribution in [1.29, 1.82) is 0 Å². The molecule has 7 nitrogen and oxygen atoms in total. The largest absolute Gasteiger partial charge is 0.454 e. The molecule has 150 valence electrons. The molecule has 4 aromatic rings. The average molecular weight is 421 g/mol. The van der Waals surface area contributed by atoms with Crippen LogP contribution in [-0.4, -0.2) is 27.5 Å². The number of ether oxygens (including phenoxy) is 2. The number of aromatic nitrogens is 3. The SMILES string of the molecule is Cc1nn(-c2ccccc2)c2ncc(C(=O)NCc3ccc4c(c3)OCO4)c(Cl)c12. The summed E-state index contributed by atoms with van der Waals surface area (Å²) in [5.41, 5.74) is 3.39. The second kappa shape index (κ2) is 7.35. The Morgan fingerprint density at radius 2 is 1.97 bits per heavy atom. The number of halogens is 1. The number of amides is 1. The van der Waals surface area contributed by atoms with Gasteiger partial charge in [0, 0.05) is 12.7 Å². The van der Waals surface area contributed by atoms with E-state index in [0.717, 1.165) is 11.3 Å². The van der Waals surface area contributed by atoms with E-state index in [9.17, 15) is 4.79 Å². The van der Waals surface area contributed by atoms with Crippen molar-refractivity contribution in [2.75, 3.05) is 6.79 Å². The summed E-state index contributed by atoms with van der Waals surface area (Å²) in [6, 6.07) is 15.2. The summed E-state index contributed by atoms with van der Waals surface area (Å²) < 4.78 is 12.4. The van der Waals surface area contributed by atoms with Crippen molar-refractivity contribution >= 4 is 28.5 Å². The number of hydrogen-bond acceptors (Lipinski definition) is 5. The van der Waals surface area contributed by atoms with Crippen molar-refractivity contribution in [3.05, 3.63) is 76.6 Å². The number of rotatable bonds is 4. The van der Waals surface area contributed by atoms with Crippen LogP contribution in [0.25, 0.3) is 16.7 Å². The highest BCUT2D eigenvalue weighted by atomic mass is 35.5. The third-order valence-corrected chi connectivity index (χ3v) is 5.34. The summed E-state index contributed by atoms with van der Waals surface area (Å²) in [6.07, 6.45) is 1.49. The maximum Gasteiger partial charge on any atom is 0.254 e. The highest BCUT2D eigenvalue weighted by molar-refractivity contribution is 6.38. The predicted octanol–water partition coefficient (Wildman–Crippen LogP) is 4.04. The molecule has 0 saturated carbocycles. The fourth-order valence-electron chi connectivity index (χ4n) is 3.44. The van der Waals surface area contributed by atoms with E-state index in [-0.39, 0.29) is 12.7 Å². The first kappa shape index (κ1) is 18.4. The molecular formula is C22H17ClN4O3. The summed E-state index contributed by atoms with van der Waals surface area (Å²) >= 11 is 6.61. The number of aryl methyl sites for hydroxylation is 1. The molecule has 0 spiro atoms. The molecule has 1 aliphatic heterocycles. The molecule has 1 N–H and O–H groups in total. The van der Waals surface area contributed by atoms with Gasteiger partial charge < -0.3 is 14.8 Å². The van der Waals surface area contributed by atoms with Crippen LogP contribution in [0, 0.1) is 6.92 Å². The Morgan fingerprint density at radius 1 is 1.17 bits per heavy atom.